The molecular formula is C18H15FN4OS2. The molecule has 1 amide bonds. The number of hydrogen-bond donors (Lipinski definition) is 0. The molecule has 3 aromatic heterocycles. The number of aryl methyl sites for hydroxylation is 1. The van der Waals surface area contributed by atoms with Crippen molar-refractivity contribution >= 4 is 33.5 Å². The first-order valence-electron chi connectivity index (χ1n) is 7.90. The number of imidazole rings is 1. The average molecular weight is 386 g/mol. The number of nitrogens with zero attached hydrogens (tertiary/aromatic N) is 4. The Hall–Kier alpha value is -2.58. The highest BCUT2D eigenvalue weighted by atomic mass is 32.1. The second kappa shape index (κ2) is 6.62. The van der Waals surface area contributed by atoms with Crippen LogP contribution in [0, 0.1) is 12.7 Å². The maximum Gasteiger partial charge on any atom is 0.271 e. The van der Waals surface area contributed by atoms with E-state index in [-0.39, 0.29) is 11.7 Å². The summed E-state index contributed by atoms with van der Waals surface area (Å²) in [7, 11) is 1.75. The zero-order valence-electron chi connectivity index (χ0n) is 14.1. The first kappa shape index (κ1) is 16.9. The minimum absolute atomic E-state index is 0.106. The fourth-order valence-electron chi connectivity index (χ4n) is 2.72. The SMILES string of the molecule is Cc1nc(CN(C)C(=O)c2csc3nc(-c4cccc(F)c4)cn23)cs1. The molecule has 0 bridgehead atoms. The van der Waals surface area contributed by atoms with Crippen LogP contribution in [-0.4, -0.2) is 32.2 Å². The van der Waals surface area contributed by atoms with Gasteiger partial charge in [0.1, 0.15) is 11.5 Å². The molecule has 0 fully saturated rings. The van der Waals surface area contributed by atoms with Crippen molar-refractivity contribution in [1.29, 1.82) is 0 Å². The molecule has 26 heavy (non-hydrogen) atoms. The molecule has 0 atom stereocenters. The third kappa shape index (κ3) is 3.13. The van der Waals surface area contributed by atoms with Crippen molar-refractivity contribution in [1.82, 2.24) is 19.3 Å². The van der Waals surface area contributed by atoms with Crippen molar-refractivity contribution in [3.63, 3.8) is 0 Å². The summed E-state index contributed by atoms with van der Waals surface area (Å²) in [5.41, 5.74) is 2.74. The average Bonchev–Trinajstić information content (AvgIpc) is 3.29. The summed E-state index contributed by atoms with van der Waals surface area (Å²) in [5.74, 6) is -0.418. The van der Waals surface area contributed by atoms with Gasteiger partial charge in [0.05, 0.1) is 22.9 Å². The van der Waals surface area contributed by atoms with Gasteiger partial charge in [-0.1, -0.05) is 12.1 Å². The number of benzene rings is 1. The summed E-state index contributed by atoms with van der Waals surface area (Å²) < 4.78 is 15.2. The third-order valence-corrected chi connectivity index (χ3v) is 5.62. The van der Waals surface area contributed by atoms with Gasteiger partial charge in [-0.15, -0.1) is 22.7 Å². The van der Waals surface area contributed by atoms with Crippen LogP contribution < -0.4 is 0 Å². The highest BCUT2D eigenvalue weighted by Crippen LogP contribution is 2.25. The number of hydrogen-bond acceptors (Lipinski definition) is 5. The van der Waals surface area contributed by atoms with E-state index in [1.807, 2.05) is 12.3 Å². The fourth-order valence-corrected chi connectivity index (χ4v) is 4.17. The molecule has 0 aliphatic carbocycles. The molecule has 0 saturated carbocycles. The minimum Gasteiger partial charge on any atom is -0.334 e. The van der Waals surface area contributed by atoms with Gasteiger partial charge >= 0.3 is 0 Å². The van der Waals surface area contributed by atoms with Crippen molar-refractivity contribution in [2.75, 3.05) is 7.05 Å². The number of aromatic nitrogens is 3. The summed E-state index contributed by atoms with van der Waals surface area (Å²) in [6.07, 6.45) is 1.77. The lowest BCUT2D eigenvalue weighted by molar-refractivity contribution is 0.0777. The number of carbonyl (C=O) groups is 1. The molecule has 5 nitrogen and oxygen atoms in total. The second-order valence-corrected chi connectivity index (χ2v) is 7.83. The molecule has 0 N–H and O–H groups in total. The van der Waals surface area contributed by atoms with Crippen LogP contribution in [-0.2, 0) is 6.54 Å². The molecule has 0 aliphatic heterocycles. The summed E-state index contributed by atoms with van der Waals surface area (Å²) in [4.78, 5) is 24.1. The van der Waals surface area contributed by atoms with Crippen LogP contribution >= 0.6 is 22.7 Å². The van der Waals surface area contributed by atoms with Gasteiger partial charge in [-0.25, -0.2) is 14.4 Å². The molecule has 8 heteroatoms. The smallest absolute Gasteiger partial charge is 0.271 e. The van der Waals surface area contributed by atoms with Crippen LogP contribution in [0.5, 0.6) is 0 Å². The van der Waals surface area contributed by atoms with Gasteiger partial charge in [0.15, 0.2) is 4.96 Å². The first-order valence-corrected chi connectivity index (χ1v) is 9.66. The monoisotopic (exact) mass is 386 g/mol. The molecule has 0 saturated heterocycles. The predicted molar refractivity (Wildman–Crippen MR) is 101 cm³/mol. The number of fused-ring (bicyclic) bond motifs is 1. The Kier molecular flexibility index (Phi) is 4.29. The number of carbonyl (C=O) groups excluding carboxylic acids is 1. The van der Waals surface area contributed by atoms with E-state index in [9.17, 15) is 9.18 Å². The quantitative estimate of drug-likeness (QED) is 0.527. The van der Waals surface area contributed by atoms with E-state index in [2.05, 4.69) is 9.97 Å². The molecule has 1 aromatic carbocycles. The molecule has 0 radical (unpaired) electrons. The molecule has 132 valence electrons. The van der Waals surface area contributed by atoms with E-state index in [1.165, 1.54) is 23.5 Å². The number of halogens is 1. The molecule has 4 rings (SSSR count). The summed E-state index contributed by atoms with van der Waals surface area (Å²) >= 11 is 2.95. The van der Waals surface area contributed by atoms with Gasteiger partial charge in [-0.05, 0) is 19.1 Å². The normalized spacial score (nSPS) is 11.2. The number of rotatable bonds is 4. The molecule has 0 spiro atoms. The van der Waals surface area contributed by atoms with Crippen molar-refractivity contribution in [2.45, 2.75) is 13.5 Å². The van der Waals surface area contributed by atoms with E-state index in [0.29, 0.717) is 28.5 Å². The Morgan fingerprint density at radius 2 is 2.12 bits per heavy atom. The Labute approximate surface area is 157 Å². The Balaban J connectivity index is 1.63. The maximum absolute atomic E-state index is 13.5. The zero-order chi connectivity index (χ0) is 18.3. The lowest BCUT2D eigenvalue weighted by Gasteiger charge is -2.15. The Bertz CT molecular complexity index is 1100. The molecule has 4 aromatic rings. The van der Waals surface area contributed by atoms with Gasteiger partial charge in [0.2, 0.25) is 0 Å². The standard InChI is InChI=1S/C18H15FN4OS2/c1-11-20-14(9-25-11)7-22(2)17(24)16-10-26-18-21-15(8-23(16)18)12-4-3-5-13(19)6-12/h3-6,8-10H,7H2,1-2H3. The highest BCUT2D eigenvalue weighted by Gasteiger charge is 2.19. The third-order valence-electron chi connectivity index (χ3n) is 3.96. The topological polar surface area (TPSA) is 50.5 Å². The summed E-state index contributed by atoms with van der Waals surface area (Å²) in [6.45, 7) is 2.39. The van der Waals surface area contributed by atoms with Crippen molar-refractivity contribution in [3.05, 3.63) is 63.4 Å². The summed E-state index contributed by atoms with van der Waals surface area (Å²) in [5, 5.41) is 4.73. The van der Waals surface area contributed by atoms with E-state index >= 15 is 0 Å². The van der Waals surface area contributed by atoms with E-state index in [0.717, 1.165) is 10.7 Å². The fraction of sp³-hybridized carbons (Fsp3) is 0.167. The minimum atomic E-state index is -0.312. The van der Waals surface area contributed by atoms with Crippen LogP contribution in [0.15, 0.2) is 41.2 Å². The highest BCUT2D eigenvalue weighted by molar-refractivity contribution is 7.15. The largest absolute Gasteiger partial charge is 0.334 e. The van der Waals surface area contributed by atoms with Gasteiger partial charge in [0.25, 0.3) is 5.91 Å². The van der Waals surface area contributed by atoms with Gasteiger partial charge in [0, 0.05) is 29.6 Å². The van der Waals surface area contributed by atoms with E-state index in [4.69, 9.17) is 0 Å². The van der Waals surface area contributed by atoms with E-state index in [1.54, 1.807) is 51.4 Å². The van der Waals surface area contributed by atoms with Crippen molar-refractivity contribution in [3.8, 4) is 11.3 Å². The van der Waals surface area contributed by atoms with Gasteiger partial charge in [-0.3, -0.25) is 9.20 Å². The lowest BCUT2D eigenvalue weighted by Crippen LogP contribution is -2.27. The van der Waals surface area contributed by atoms with Crippen molar-refractivity contribution in [2.24, 2.45) is 0 Å². The summed E-state index contributed by atoms with van der Waals surface area (Å²) in [6, 6.07) is 6.28. The molecule has 0 aliphatic rings. The lowest BCUT2D eigenvalue weighted by atomic mass is 10.2. The van der Waals surface area contributed by atoms with Crippen LogP contribution in [0.4, 0.5) is 4.39 Å². The van der Waals surface area contributed by atoms with Gasteiger partial charge < -0.3 is 4.90 Å². The second-order valence-electron chi connectivity index (χ2n) is 5.93. The Morgan fingerprint density at radius 3 is 2.85 bits per heavy atom. The van der Waals surface area contributed by atoms with Gasteiger partial charge in [-0.2, -0.15) is 0 Å². The maximum atomic E-state index is 13.5. The van der Waals surface area contributed by atoms with Crippen LogP contribution in [0.25, 0.3) is 16.2 Å². The molecular weight excluding hydrogens is 371 g/mol. The molecule has 0 unspecified atom stereocenters. The van der Waals surface area contributed by atoms with Crippen LogP contribution in [0.2, 0.25) is 0 Å². The van der Waals surface area contributed by atoms with Crippen LogP contribution in [0.3, 0.4) is 0 Å². The van der Waals surface area contributed by atoms with Crippen molar-refractivity contribution < 1.29 is 9.18 Å². The molecule has 3 heterocycles. The first-order chi connectivity index (χ1) is 12.5. The number of amides is 1. The van der Waals surface area contributed by atoms with E-state index < -0.39 is 0 Å². The Morgan fingerprint density at radius 1 is 1.27 bits per heavy atom. The predicted octanol–water partition coefficient (Wildman–Crippen LogP) is 4.24. The van der Waals surface area contributed by atoms with Crippen LogP contribution in [0.1, 0.15) is 21.2 Å². The zero-order valence-corrected chi connectivity index (χ0v) is 15.8. The number of thiazole rings is 2.